The first-order valence-corrected chi connectivity index (χ1v) is 11.8. The van der Waals surface area contributed by atoms with Crippen LogP contribution in [-0.4, -0.2) is 77.5 Å². The highest BCUT2D eigenvalue weighted by Gasteiger charge is 2.52. The summed E-state index contributed by atoms with van der Waals surface area (Å²) in [5, 5.41) is 3.50. The first kappa shape index (κ1) is 22.7. The van der Waals surface area contributed by atoms with E-state index in [1.807, 2.05) is 13.2 Å². The fourth-order valence-electron chi connectivity index (χ4n) is 4.37. The standard InChI is InChI=1S/C21H31N3O5S/c1-5-28-18(25)13-24-20(27)17(6-11-30-4)22-21(24)7-9-23(10-8-21)19(26)16-12-14(2)29-15(16)3/h12,17,22H,5-11,13H2,1-4H3. The normalized spacial score (nSPS) is 20.8. The molecule has 1 atom stereocenters. The van der Waals surface area contributed by atoms with Crippen molar-refractivity contribution in [2.24, 2.45) is 0 Å². The Labute approximate surface area is 181 Å². The molecule has 2 saturated heterocycles. The van der Waals surface area contributed by atoms with Crippen LogP contribution < -0.4 is 5.32 Å². The van der Waals surface area contributed by atoms with Gasteiger partial charge in [-0.25, -0.2) is 0 Å². The lowest BCUT2D eigenvalue weighted by Gasteiger charge is -2.44. The van der Waals surface area contributed by atoms with Crippen LogP contribution in [0.1, 0.15) is 48.1 Å². The van der Waals surface area contributed by atoms with Gasteiger partial charge in [0.1, 0.15) is 18.1 Å². The number of hydrogen-bond donors (Lipinski definition) is 1. The lowest BCUT2D eigenvalue weighted by molar-refractivity contribution is -0.151. The molecule has 166 valence electrons. The Hall–Kier alpha value is -2.00. The first-order chi connectivity index (χ1) is 14.3. The number of hydrogen-bond acceptors (Lipinski definition) is 7. The third-order valence-electron chi connectivity index (χ3n) is 5.88. The van der Waals surface area contributed by atoms with Gasteiger partial charge in [0.15, 0.2) is 0 Å². The van der Waals surface area contributed by atoms with Crippen LogP contribution in [0.3, 0.4) is 0 Å². The van der Waals surface area contributed by atoms with E-state index in [0.717, 1.165) is 5.75 Å². The molecular weight excluding hydrogens is 406 g/mol. The molecule has 1 unspecified atom stereocenters. The van der Waals surface area contributed by atoms with Crippen LogP contribution in [0, 0.1) is 13.8 Å². The smallest absolute Gasteiger partial charge is 0.325 e. The minimum Gasteiger partial charge on any atom is -0.466 e. The van der Waals surface area contributed by atoms with Crippen LogP contribution in [0.4, 0.5) is 0 Å². The number of ether oxygens (including phenoxy) is 1. The summed E-state index contributed by atoms with van der Waals surface area (Å²) in [5.74, 6) is 1.67. The quantitative estimate of drug-likeness (QED) is 0.652. The number of aryl methyl sites for hydroxylation is 2. The van der Waals surface area contributed by atoms with Gasteiger partial charge < -0.3 is 19.0 Å². The van der Waals surface area contributed by atoms with E-state index in [2.05, 4.69) is 5.32 Å². The Morgan fingerprint density at radius 1 is 1.33 bits per heavy atom. The van der Waals surface area contributed by atoms with Crippen molar-refractivity contribution >= 4 is 29.5 Å². The van der Waals surface area contributed by atoms with E-state index < -0.39 is 11.6 Å². The molecule has 0 bridgehead atoms. The maximum Gasteiger partial charge on any atom is 0.325 e. The van der Waals surface area contributed by atoms with Crippen molar-refractivity contribution in [1.82, 2.24) is 15.1 Å². The van der Waals surface area contributed by atoms with Gasteiger partial charge in [-0.3, -0.25) is 19.7 Å². The van der Waals surface area contributed by atoms with E-state index in [9.17, 15) is 14.4 Å². The van der Waals surface area contributed by atoms with Crippen LogP contribution in [0.25, 0.3) is 0 Å². The third-order valence-corrected chi connectivity index (χ3v) is 6.52. The van der Waals surface area contributed by atoms with Crippen molar-refractivity contribution in [2.75, 3.05) is 38.2 Å². The highest BCUT2D eigenvalue weighted by atomic mass is 32.2. The number of carbonyl (C=O) groups excluding carboxylic acids is 3. The molecule has 3 rings (SSSR count). The number of likely N-dealkylation sites (tertiary alicyclic amines) is 1. The number of carbonyl (C=O) groups is 3. The third kappa shape index (κ3) is 4.51. The zero-order valence-corrected chi connectivity index (χ0v) is 19.0. The molecule has 0 aromatic carbocycles. The average molecular weight is 438 g/mol. The second-order valence-corrected chi connectivity index (χ2v) is 8.84. The lowest BCUT2D eigenvalue weighted by Crippen LogP contribution is -2.60. The van der Waals surface area contributed by atoms with Gasteiger partial charge in [0.2, 0.25) is 5.91 Å². The van der Waals surface area contributed by atoms with E-state index in [0.29, 0.717) is 49.4 Å². The Bertz CT molecular complexity index is 801. The molecule has 2 aliphatic heterocycles. The van der Waals surface area contributed by atoms with E-state index in [1.165, 1.54) is 0 Å². The molecule has 1 N–H and O–H groups in total. The SMILES string of the molecule is CCOC(=O)CN1C(=O)C(CCSC)NC12CCN(C(=O)c1cc(C)oc1C)CC2. The number of thioether (sulfide) groups is 1. The van der Waals surface area contributed by atoms with Crippen LogP contribution in [0.2, 0.25) is 0 Å². The fraction of sp³-hybridized carbons (Fsp3) is 0.667. The average Bonchev–Trinajstić information content (AvgIpc) is 3.18. The number of piperidine rings is 1. The summed E-state index contributed by atoms with van der Waals surface area (Å²) >= 11 is 1.69. The molecule has 0 aliphatic carbocycles. The summed E-state index contributed by atoms with van der Waals surface area (Å²) in [5.41, 5.74) is -0.0365. The highest BCUT2D eigenvalue weighted by molar-refractivity contribution is 7.98. The summed E-state index contributed by atoms with van der Waals surface area (Å²) < 4.78 is 10.6. The van der Waals surface area contributed by atoms with E-state index in [4.69, 9.17) is 9.15 Å². The van der Waals surface area contributed by atoms with Gasteiger partial charge in [0.25, 0.3) is 5.91 Å². The van der Waals surface area contributed by atoms with Crippen LogP contribution >= 0.6 is 11.8 Å². The molecule has 3 heterocycles. The molecule has 2 aliphatic rings. The van der Waals surface area contributed by atoms with Gasteiger partial charge in [-0.05, 0) is 45.3 Å². The molecular formula is C21H31N3O5S. The molecule has 0 saturated carbocycles. The van der Waals surface area contributed by atoms with Gasteiger partial charge in [0, 0.05) is 25.9 Å². The molecule has 2 fully saturated rings. The molecule has 8 nitrogen and oxygen atoms in total. The van der Waals surface area contributed by atoms with E-state index >= 15 is 0 Å². The number of nitrogens with zero attached hydrogens (tertiary/aromatic N) is 2. The second kappa shape index (κ2) is 9.43. The monoisotopic (exact) mass is 437 g/mol. The molecule has 9 heteroatoms. The van der Waals surface area contributed by atoms with Crippen LogP contribution in [-0.2, 0) is 14.3 Å². The number of nitrogens with one attached hydrogen (secondary N) is 1. The number of furan rings is 1. The maximum absolute atomic E-state index is 13.1. The van der Waals surface area contributed by atoms with E-state index in [1.54, 1.807) is 41.5 Å². The van der Waals surface area contributed by atoms with Crippen molar-refractivity contribution in [3.05, 3.63) is 23.2 Å². The highest BCUT2D eigenvalue weighted by Crippen LogP contribution is 2.34. The predicted octanol–water partition coefficient (Wildman–Crippen LogP) is 1.95. The topological polar surface area (TPSA) is 92.1 Å². The van der Waals surface area contributed by atoms with Crippen LogP contribution in [0.5, 0.6) is 0 Å². The molecule has 1 aromatic heterocycles. The zero-order chi connectivity index (χ0) is 21.9. The lowest BCUT2D eigenvalue weighted by atomic mass is 9.95. The van der Waals surface area contributed by atoms with Crippen LogP contribution in [0.15, 0.2) is 10.5 Å². The number of esters is 1. The molecule has 1 aromatic rings. The molecule has 2 amide bonds. The number of rotatable bonds is 7. The zero-order valence-electron chi connectivity index (χ0n) is 18.2. The largest absolute Gasteiger partial charge is 0.466 e. The van der Waals surface area contributed by atoms with Gasteiger partial charge in [-0.2, -0.15) is 11.8 Å². The summed E-state index contributed by atoms with van der Waals surface area (Å²) in [6.07, 6.45) is 3.84. The Kier molecular flexibility index (Phi) is 7.13. The van der Waals surface area contributed by atoms with Gasteiger partial charge in [-0.15, -0.1) is 0 Å². The minimum absolute atomic E-state index is 0.0561. The summed E-state index contributed by atoms with van der Waals surface area (Å²) in [6.45, 7) is 6.58. The van der Waals surface area contributed by atoms with Gasteiger partial charge in [-0.1, -0.05) is 0 Å². The van der Waals surface area contributed by atoms with Crippen molar-refractivity contribution in [3.63, 3.8) is 0 Å². The summed E-state index contributed by atoms with van der Waals surface area (Å²) in [4.78, 5) is 41.6. The Balaban J connectivity index is 1.74. The summed E-state index contributed by atoms with van der Waals surface area (Å²) in [6, 6.07) is 1.46. The predicted molar refractivity (Wildman–Crippen MR) is 114 cm³/mol. The molecule has 30 heavy (non-hydrogen) atoms. The van der Waals surface area contributed by atoms with Crippen molar-refractivity contribution < 1.29 is 23.5 Å². The maximum atomic E-state index is 13.1. The Morgan fingerprint density at radius 2 is 2.03 bits per heavy atom. The Morgan fingerprint density at radius 3 is 2.60 bits per heavy atom. The van der Waals surface area contributed by atoms with Gasteiger partial charge in [0.05, 0.1) is 23.9 Å². The minimum atomic E-state index is -0.620. The van der Waals surface area contributed by atoms with Crippen molar-refractivity contribution in [3.8, 4) is 0 Å². The van der Waals surface area contributed by atoms with E-state index in [-0.39, 0.29) is 31.0 Å². The molecule has 0 radical (unpaired) electrons. The number of amides is 2. The first-order valence-electron chi connectivity index (χ1n) is 10.4. The summed E-state index contributed by atoms with van der Waals surface area (Å²) in [7, 11) is 0. The fourth-order valence-corrected chi connectivity index (χ4v) is 4.84. The molecule has 1 spiro atoms. The van der Waals surface area contributed by atoms with Gasteiger partial charge >= 0.3 is 5.97 Å². The second-order valence-electron chi connectivity index (χ2n) is 7.86. The van der Waals surface area contributed by atoms with Crippen molar-refractivity contribution in [2.45, 2.75) is 51.7 Å². The van der Waals surface area contributed by atoms with Crippen molar-refractivity contribution in [1.29, 1.82) is 0 Å².